The maximum Gasteiger partial charge on any atom is 0.308 e. The SMILES string of the molecule is CCOC(=O)[C@H]1CC[C@H](OC[C@@H]2[C@@H](OCC)[C@H](N)CN2C)CC1. The minimum atomic E-state index is -0.0520. The average molecular weight is 328 g/mol. The second-order valence-corrected chi connectivity index (χ2v) is 6.65. The molecule has 2 N–H and O–H groups in total. The third-order valence-corrected chi connectivity index (χ3v) is 5.02. The van der Waals surface area contributed by atoms with Gasteiger partial charge in [0.15, 0.2) is 0 Å². The van der Waals surface area contributed by atoms with Gasteiger partial charge in [-0.15, -0.1) is 0 Å². The first-order valence-corrected chi connectivity index (χ1v) is 8.92. The molecule has 1 saturated carbocycles. The molecule has 2 aliphatic rings. The van der Waals surface area contributed by atoms with Gasteiger partial charge in [-0.25, -0.2) is 0 Å². The number of nitrogens with zero attached hydrogens (tertiary/aromatic N) is 1. The van der Waals surface area contributed by atoms with Gasteiger partial charge in [-0.3, -0.25) is 9.69 Å². The largest absolute Gasteiger partial charge is 0.466 e. The highest BCUT2D eigenvalue weighted by Gasteiger charge is 2.39. The van der Waals surface area contributed by atoms with Crippen molar-refractivity contribution < 1.29 is 19.0 Å². The summed E-state index contributed by atoms with van der Waals surface area (Å²) in [5, 5.41) is 0. The first-order valence-electron chi connectivity index (χ1n) is 8.92. The number of rotatable bonds is 7. The van der Waals surface area contributed by atoms with Crippen LogP contribution in [-0.2, 0) is 19.0 Å². The molecular weight excluding hydrogens is 296 g/mol. The lowest BCUT2D eigenvalue weighted by Gasteiger charge is -2.31. The van der Waals surface area contributed by atoms with Crippen LogP contribution in [0.3, 0.4) is 0 Å². The van der Waals surface area contributed by atoms with Crippen LogP contribution in [0.4, 0.5) is 0 Å². The molecule has 1 saturated heterocycles. The molecule has 0 spiro atoms. The summed E-state index contributed by atoms with van der Waals surface area (Å²) in [5.41, 5.74) is 6.16. The van der Waals surface area contributed by atoms with E-state index < -0.39 is 0 Å². The fourth-order valence-corrected chi connectivity index (χ4v) is 3.72. The van der Waals surface area contributed by atoms with Gasteiger partial charge >= 0.3 is 5.97 Å². The van der Waals surface area contributed by atoms with Gasteiger partial charge in [0.05, 0.1) is 37.4 Å². The van der Waals surface area contributed by atoms with Crippen LogP contribution in [0.25, 0.3) is 0 Å². The second kappa shape index (κ2) is 8.97. The van der Waals surface area contributed by atoms with Crippen molar-refractivity contribution in [2.45, 2.75) is 63.8 Å². The Hall–Kier alpha value is -0.690. The number of carbonyl (C=O) groups is 1. The highest BCUT2D eigenvalue weighted by atomic mass is 16.5. The minimum absolute atomic E-state index is 0.0425. The molecule has 6 heteroatoms. The van der Waals surface area contributed by atoms with E-state index in [0.29, 0.717) is 19.8 Å². The van der Waals surface area contributed by atoms with Crippen molar-refractivity contribution in [1.29, 1.82) is 0 Å². The zero-order chi connectivity index (χ0) is 16.8. The van der Waals surface area contributed by atoms with Crippen LogP contribution in [-0.4, -0.2) is 68.6 Å². The number of likely N-dealkylation sites (N-methyl/N-ethyl adjacent to an activating group) is 1. The number of likely N-dealkylation sites (tertiary alicyclic amines) is 1. The summed E-state index contributed by atoms with van der Waals surface area (Å²) >= 11 is 0. The summed E-state index contributed by atoms with van der Waals surface area (Å²) in [6.07, 6.45) is 3.84. The van der Waals surface area contributed by atoms with Crippen molar-refractivity contribution in [3.8, 4) is 0 Å². The maximum atomic E-state index is 11.8. The highest BCUT2D eigenvalue weighted by molar-refractivity contribution is 5.72. The smallest absolute Gasteiger partial charge is 0.308 e. The first kappa shape index (κ1) is 18.6. The third kappa shape index (κ3) is 4.89. The van der Waals surface area contributed by atoms with Crippen molar-refractivity contribution in [2.75, 3.05) is 33.4 Å². The van der Waals surface area contributed by atoms with Gasteiger partial charge in [-0.05, 0) is 46.6 Å². The average Bonchev–Trinajstić information content (AvgIpc) is 2.80. The van der Waals surface area contributed by atoms with Gasteiger partial charge in [0.1, 0.15) is 0 Å². The van der Waals surface area contributed by atoms with Crippen LogP contribution in [0, 0.1) is 5.92 Å². The zero-order valence-electron chi connectivity index (χ0n) is 14.7. The molecule has 0 aromatic rings. The molecule has 0 aromatic carbocycles. The standard InChI is InChI=1S/C17H32N2O4/c1-4-21-16-14(18)10-19(3)15(16)11-23-13-8-6-12(7-9-13)17(20)22-5-2/h12-16H,4-11,18H2,1-3H3/t12-,13-,14-,15-,16+/m1/s1. The number of esters is 1. The number of ether oxygens (including phenoxy) is 3. The van der Waals surface area contributed by atoms with Gasteiger partial charge in [-0.1, -0.05) is 0 Å². The molecule has 0 unspecified atom stereocenters. The summed E-state index contributed by atoms with van der Waals surface area (Å²) in [4.78, 5) is 14.0. The Morgan fingerprint density at radius 3 is 2.43 bits per heavy atom. The monoisotopic (exact) mass is 328 g/mol. The molecule has 2 fully saturated rings. The lowest BCUT2D eigenvalue weighted by molar-refractivity contribution is -0.150. The highest BCUT2D eigenvalue weighted by Crippen LogP contribution is 2.28. The van der Waals surface area contributed by atoms with Gasteiger partial charge in [0, 0.05) is 19.2 Å². The molecule has 6 nitrogen and oxygen atoms in total. The quantitative estimate of drug-likeness (QED) is 0.707. The zero-order valence-corrected chi connectivity index (χ0v) is 14.7. The Kier molecular flexibility index (Phi) is 7.27. The fourth-order valence-electron chi connectivity index (χ4n) is 3.72. The lowest BCUT2D eigenvalue weighted by atomic mass is 9.87. The predicted octanol–water partition coefficient (Wildman–Crippen LogP) is 1.17. The molecule has 0 bridgehead atoms. The van der Waals surface area contributed by atoms with Crippen LogP contribution in [0.1, 0.15) is 39.5 Å². The van der Waals surface area contributed by atoms with Crippen molar-refractivity contribution in [3.05, 3.63) is 0 Å². The van der Waals surface area contributed by atoms with E-state index in [0.717, 1.165) is 32.2 Å². The summed E-state index contributed by atoms with van der Waals surface area (Å²) in [6.45, 7) is 6.47. The van der Waals surface area contributed by atoms with Crippen molar-refractivity contribution in [2.24, 2.45) is 11.7 Å². The molecule has 0 radical (unpaired) electrons. The Morgan fingerprint density at radius 1 is 1.13 bits per heavy atom. The van der Waals surface area contributed by atoms with Gasteiger partial charge in [-0.2, -0.15) is 0 Å². The normalized spacial score (nSPS) is 35.4. The lowest BCUT2D eigenvalue weighted by Crippen LogP contribution is -2.43. The first-order chi connectivity index (χ1) is 11.1. The summed E-state index contributed by atoms with van der Waals surface area (Å²) in [7, 11) is 2.07. The van der Waals surface area contributed by atoms with Gasteiger partial charge < -0.3 is 19.9 Å². The van der Waals surface area contributed by atoms with E-state index in [1.165, 1.54) is 0 Å². The molecule has 1 aliphatic heterocycles. The van der Waals surface area contributed by atoms with E-state index in [-0.39, 0.29) is 36.2 Å². The van der Waals surface area contributed by atoms with Crippen molar-refractivity contribution in [3.63, 3.8) is 0 Å². The van der Waals surface area contributed by atoms with E-state index in [4.69, 9.17) is 19.9 Å². The molecule has 0 aromatic heterocycles. The van der Waals surface area contributed by atoms with Crippen LogP contribution >= 0.6 is 0 Å². The Balaban J connectivity index is 1.75. The van der Waals surface area contributed by atoms with E-state index in [1.807, 2.05) is 13.8 Å². The van der Waals surface area contributed by atoms with E-state index in [1.54, 1.807) is 0 Å². The number of hydrogen-bond donors (Lipinski definition) is 1. The second-order valence-electron chi connectivity index (χ2n) is 6.65. The molecule has 2 rings (SSSR count). The molecule has 23 heavy (non-hydrogen) atoms. The fraction of sp³-hybridized carbons (Fsp3) is 0.941. The topological polar surface area (TPSA) is 74.0 Å². The Labute approximate surface area is 139 Å². The minimum Gasteiger partial charge on any atom is -0.466 e. The molecule has 1 heterocycles. The van der Waals surface area contributed by atoms with Crippen molar-refractivity contribution in [1.82, 2.24) is 4.90 Å². The molecular formula is C17H32N2O4. The van der Waals surface area contributed by atoms with Crippen LogP contribution in [0.5, 0.6) is 0 Å². The number of hydrogen-bond acceptors (Lipinski definition) is 6. The van der Waals surface area contributed by atoms with Crippen LogP contribution in [0.15, 0.2) is 0 Å². The van der Waals surface area contributed by atoms with E-state index >= 15 is 0 Å². The third-order valence-electron chi connectivity index (χ3n) is 5.02. The van der Waals surface area contributed by atoms with Crippen molar-refractivity contribution >= 4 is 5.97 Å². The molecule has 134 valence electrons. The van der Waals surface area contributed by atoms with Gasteiger partial charge in [0.25, 0.3) is 0 Å². The summed E-state index contributed by atoms with van der Waals surface area (Å²) in [6, 6.07) is 0.265. The van der Waals surface area contributed by atoms with E-state index in [2.05, 4.69) is 11.9 Å². The number of carbonyl (C=O) groups excluding carboxylic acids is 1. The predicted molar refractivity (Wildman–Crippen MR) is 88.1 cm³/mol. The number of nitrogens with two attached hydrogens (primary N) is 1. The van der Waals surface area contributed by atoms with Crippen LogP contribution < -0.4 is 5.73 Å². The van der Waals surface area contributed by atoms with Gasteiger partial charge in [0.2, 0.25) is 0 Å². The molecule has 3 atom stereocenters. The van der Waals surface area contributed by atoms with Crippen LogP contribution in [0.2, 0.25) is 0 Å². The maximum absolute atomic E-state index is 11.8. The Morgan fingerprint density at radius 2 is 1.83 bits per heavy atom. The molecule has 1 aliphatic carbocycles. The molecule has 0 amide bonds. The summed E-state index contributed by atoms with van der Waals surface area (Å²) in [5.74, 6) is -0.00240. The Bertz CT molecular complexity index is 372. The van der Waals surface area contributed by atoms with E-state index in [9.17, 15) is 4.79 Å². The summed E-state index contributed by atoms with van der Waals surface area (Å²) < 4.78 is 17.0.